The van der Waals surface area contributed by atoms with Crippen LogP contribution in [0.4, 0.5) is 0 Å². The van der Waals surface area contributed by atoms with Gasteiger partial charge in [0.25, 0.3) is 5.56 Å². The first-order chi connectivity index (χ1) is 14.9. The van der Waals surface area contributed by atoms with E-state index in [1.54, 1.807) is 0 Å². The first kappa shape index (κ1) is 25.1. The number of hydrogen-bond donors (Lipinski definition) is 2. The highest BCUT2D eigenvalue weighted by Crippen LogP contribution is 2.49. The number of aliphatic hydroxyl groups excluding tert-OH is 1. The van der Waals surface area contributed by atoms with Crippen molar-refractivity contribution < 1.29 is 19.3 Å². The van der Waals surface area contributed by atoms with Crippen LogP contribution in [-0.4, -0.2) is 45.0 Å². The number of rotatable bonds is 5. The number of H-pyrrole nitrogens is 1. The third-order valence-electron chi connectivity index (χ3n) is 7.33. The maximum Gasteiger partial charge on any atom is 0.328 e. The average Bonchev–Trinajstić information content (AvgIpc) is 2.96. The topological polar surface area (TPSA) is 103 Å². The van der Waals surface area contributed by atoms with E-state index in [9.17, 15) is 14.7 Å². The Morgan fingerprint density at radius 3 is 2.06 bits per heavy atom. The molecule has 32 heavy (non-hydrogen) atoms. The fraction of sp³-hybridized carbons (Fsp3) is 0.833. The molecule has 0 unspecified atom stereocenters. The molecule has 8 heteroatoms. The monoisotopic (exact) mass is 452 g/mol. The van der Waals surface area contributed by atoms with Crippen LogP contribution in [-0.2, 0) is 14.2 Å². The number of nitrogens with zero attached hydrogens (tertiary/aromatic N) is 1. The van der Waals surface area contributed by atoms with Gasteiger partial charge in [0.2, 0.25) is 0 Å². The van der Waals surface area contributed by atoms with E-state index in [0.717, 1.165) is 0 Å². The molecule has 2 aliphatic rings. The molecule has 0 amide bonds. The highest BCUT2D eigenvalue weighted by atomic mass is 16.8. The number of fused-ring (bicyclic) bond motifs is 1. The highest BCUT2D eigenvalue weighted by Gasteiger charge is 2.57. The normalized spacial score (nSPS) is 30.0. The van der Waals surface area contributed by atoms with Gasteiger partial charge >= 0.3 is 5.69 Å². The van der Waals surface area contributed by atoms with Crippen molar-refractivity contribution in [2.24, 2.45) is 29.6 Å². The van der Waals surface area contributed by atoms with Crippen molar-refractivity contribution >= 4 is 0 Å². The fourth-order valence-corrected chi connectivity index (χ4v) is 5.54. The molecule has 0 radical (unpaired) electrons. The summed E-state index contributed by atoms with van der Waals surface area (Å²) in [6.07, 6.45) is 0.422. The molecule has 1 aliphatic heterocycles. The summed E-state index contributed by atoms with van der Waals surface area (Å²) in [6.45, 7) is 17.0. The molecular formula is C24H40N2O6. The molecule has 1 aromatic rings. The van der Waals surface area contributed by atoms with Gasteiger partial charge in [0, 0.05) is 41.9 Å². The lowest BCUT2D eigenvalue weighted by molar-refractivity contribution is -0.437. The summed E-state index contributed by atoms with van der Waals surface area (Å²) in [7, 11) is 0. The fourth-order valence-electron chi connectivity index (χ4n) is 5.54. The largest absolute Gasteiger partial charge is 0.388 e. The van der Waals surface area contributed by atoms with E-state index in [-0.39, 0.29) is 29.6 Å². The molecule has 4 atom stereocenters. The smallest absolute Gasteiger partial charge is 0.328 e. The minimum absolute atomic E-state index is 0.0104. The second-order valence-electron chi connectivity index (χ2n) is 10.6. The van der Waals surface area contributed by atoms with Gasteiger partial charge in [0.15, 0.2) is 11.6 Å². The molecule has 2 N–H and O–H groups in total. The number of nitrogens with one attached hydrogen (secondary N) is 1. The second kappa shape index (κ2) is 9.05. The van der Waals surface area contributed by atoms with Crippen molar-refractivity contribution in [1.82, 2.24) is 9.55 Å². The van der Waals surface area contributed by atoms with Crippen LogP contribution in [0.15, 0.2) is 21.9 Å². The third-order valence-corrected chi connectivity index (χ3v) is 7.33. The zero-order valence-electron chi connectivity index (χ0n) is 20.6. The lowest BCUT2D eigenvalue weighted by atomic mass is 9.85. The van der Waals surface area contributed by atoms with Gasteiger partial charge in [0.05, 0.1) is 18.8 Å². The van der Waals surface area contributed by atoms with Crippen LogP contribution in [0.1, 0.15) is 67.9 Å². The van der Waals surface area contributed by atoms with Crippen LogP contribution in [0.5, 0.6) is 0 Å². The second-order valence-corrected chi connectivity index (χ2v) is 10.6. The zero-order chi connectivity index (χ0) is 24.0. The van der Waals surface area contributed by atoms with E-state index in [0.29, 0.717) is 13.0 Å². The van der Waals surface area contributed by atoms with Crippen molar-refractivity contribution in [3.05, 3.63) is 33.1 Å². The van der Waals surface area contributed by atoms with Crippen molar-refractivity contribution in [3.8, 4) is 0 Å². The summed E-state index contributed by atoms with van der Waals surface area (Å²) >= 11 is 0. The lowest BCUT2D eigenvalue weighted by Crippen LogP contribution is -2.62. The van der Waals surface area contributed by atoms with Crippen molar-refractivity contribution in [3.63, 3.8) is 0 Å². The summed E-state index contributed by atoms with van der Waals surface area (Å²) in [4.78, 5) is 26.2. The molecule has 8 nitrogen and oxygen atoms in total. The Labute approximate surface area is 190 Å². The summed E-state index contributed by atoms with van der Waals surface area (Å²) < 4.78 is 21.6. The van der Waals surface area contributed by atoms with Crippen LogP contribution in [0.2, 0.25) is 0 Å². The van der Waals surface area contributed by atoms with Gasteiger partial charge in [-0.25, -0.2) is 4.79 Å². The Morgan fingerprint density at radius 1 is 1.00 bits per heavy atom. The van der Waals surface area contributed by atoms with Crippen LogP contribution < -0.4 is 11.2 Å². The Kier molecular flexibility index (Phi) is 7.11. The van der Waals surface area contributed by atoms with Gasteiger partial charge in [0.1, 0.15) is 6.10 Å². The number of aromatic nitrogens is 2. The maximum absolute atomic E-state index is 12.4. The Hall–Kier alpha value is -1.48. The highest BCUT2D eigenvalue weighted by molar-refractivity contribution is 5.01. The summed E-state index contributed by atoms with van der Waals surface area (Å²) in [5, 5.41) is 11.3. The predicted octanol–water partition coefficient (Wildman–Crippen LogP) is 2.91. The van der Waals surface area contributed by atoms with E-state index < -0.39 is 41.1 Å². The van der Waals surface area contributed by atoms with E-state index in [1.165, 1.54) is 16.8 Å². The first-order valence-corrected chi connectivity index (χ1v) is 11.9. The molecule has 0 spiro atoms. The SMILES string of the molecule is CC(C)C1(C(C)C)OC[C@H]2C[C@@H](n3ccc(=O)[nH]c3=O)[C@H](O)[C@@H]2OC(C(C)C)(C(C)C)O1. The van der Waals surface area contributed by atoms with Gasteiger partial charge in [-0.05, 0) is 6.42 Å². The van der Waals surface area contributed by atoms with Crippen LogP contribution in [0, 0.1) is 29.6 Å². The summed E-state index contributed by atoms with van der Waals surface area (Å²) in [5.41, 5.74) is -0.999. The number of ether oxygens (including phenoxy) is 3. The minimum Gasteiger partial charge on any atom is -0.388 e. The Bertz CT molecular complexity index is 886. The molecule has 3 rings (SSSR count). The molecule has 1 saturated heterocycles. The van der Waals surface area contributed by atoms with Gasteiger partial charge in [-0.1, -0.05) is 55.4 Å². The molecular weight excluding hydrogens is 412 g/mol. The summed E-state index contributed by atoms with van der Waals surface area (Å²) in [6, 6.07) is 0.768. The van der Waals surface area contributed by atoms with E-state index in [4.69, 9.17) is 14.2 Å². The standard InChI is InChI=1S/C24H40N2O6/c1-13(2)23(14(3)4)30-12-17-11-18(26-10-9-19(27)25-22(26)29)20(28)21(17)31-24(32-23,15(5)6)16(7)8/h9-10,13-18,20-21,28H,11-12H2,1-8H3,(H,25,27,29)/t17-,18-,20+,21-/m1/s1. The summed E-state index contributed by atoms with van der Waals surface area (Å²) in [5.74, 6) is -1.84. The molecule has 0 bridgehead atoms. The predicted molar refractivity (Wildman–Crippen MR) is 121 cm³/mol. The van der Waals surface area contributed by atoms with Gasteiger partial charge in [-0.2, -0.15) is 0 Å². The maximum atomic E-state index is 12.4. The first-order valence-electron chi connectivity index (χ1n) is 11.9. The van der Waals surface area contributed by atoms with Gasteiger partial charge in [-0.15, -0.1) is 0 Å². The molecule has 1 aromatic heterocycles. The Morgan fingerprint density at radius 2 is 1.56 bits per heavy atom. The van der Waals surface area contributed by atoms with Crippen LogP contribution in [0.25, 0.3) is 0 Å². The third kappa shape index (κ3) is 4.11. The van der Waals surface area contributed by atoms with Crippen LogP contribution in [0.3, 0.4) is 0 Å². The molecule has 0 aromatic carbocycles. The van der Waals surface area contributed by atoms with Crippen molar-refractivity contribution in [1.29, 1.82) is 0 Å². The van der Waals surface area contributed by atoms with Crippen molar-refractivity contribution in [2.75, 3.05) is 6.61 Å². The molecule has 1 aliphatic carbocycles. The van der Waals surface area contributed by atoms with Crippen molar-refractivity contribution in [2.45, 2.75) is 91.6 Å². The number of hydrogen-bond acceptors (Lipinski definition) is 6. The minimum atomic E-state index is -0.982. The van der Waals surface area contributed by atoms with E-state index in [2.05, 4.69) is 60.4 Å². The zero-order valence-corrected chi connectivity index (χ0v) is 20.6. The quantitative estimate of drug-likeness (QED) is 0.712. The molecule has 182 valence electrons. The molecule has 2 fully saturated rings. The molecule has 1 saturated carbocycles. The van der Waals surface area contributed by atoms with Crippen LogP contribution >= 0.6 is 0 Å². The lowest BCUT2D eigenvalue weighted by Gasteiger charge is -2.54. The Balaban J connectivity index is 2.08. The number of aliphatic hydroxyl groups is 1. The van der Waals surface area contributed by atoms with E-state index in [1.807, 2.05) is 0 Å². The van der Waals surface area contributed by atoms with Gasteiger partial charge < -0.3 is 19.3 Å². The average molecular weight is 453 g/mol. The molecule has 2 heterocycles. The van der Waals surface area contributed by atoms with E-state index >= 15 is 0 Å². The number of aromatic amines is 1. The van der Waals surface area contributed by atoms with Gasteiger partial charge in [-0.3, -0.25) is 14.3 Å².